The van der Waals surface area contributed by atoms with E-state index >= 15 is 0 Å². The van der Waals surface area contributed by atoms with Gasteiger partial charge < -0.3 is 10.4 Å². The van der Waals surface area contributed by atoms with Crippen LogP contribution in [0.5, 0.6) is 5.75 Å². The Kier molecular flexibility index (Phi) is 4.30. The number of hydrogen-bond acceptors (Lipinski definition) is 2. The lowest BCUT2D eigenvalue weighted by atomic mass is 10.1. The molecule has 0 aliphatic carbocycles. The van der Waals surface area contributed by atoms with Gasteiger partial charge in [0.05, 0.1) is 11.3 Å². The van der Waals surface area contributed by atoms with Crippen LogP contribution in [0.4, 0.5) is 10.1 Å². The minimum Gasteiger partial charge on any atom is -0.505 e. The Morgan fingerprint density at radius 3 is 2.75 bits per heavy atom. The summed E-state index contributed by atoms with van der Waals surface area (Å²) in [5.41, 5.74) is 0.526. The second-order valence-corrected chi connectivity index (χ2v) is 5.55. The molecule has 0 saturated carbocycles. The molecule has 20 heavy (non-hydrogen) atoms. The zero-order valence-corrected chi connectivity index (χ0v) is 12.7. The fraction of sp³-hybridized carbons (Fsp3) is 0.0714. The number of amides is 1. The van der Waals surface area contributed by atoms with E-state index in [-0.39, 0.29) is 17.0 Å². The molecule has 0 bridgehead atoms. The maximum Gasteiger partial charge on any atom is 0.258 e. The minimum absolute atomic E-state index is 0.0989. The van der Waals surface area contributed by atoms with Crippen molar-refractivity contribution in [1.29, 1.82) is 0 Å². The third kappa shape index (κ3) is 3.11. The van der Waals surface area contributed by atoms with Crippen LogP contribution in [0.15, 0.2) is 34.8 Å². The molecule has 0 unspecified atom stereocenters. The molecule has 2 aromatic rings. The van der Waals surface area contributed by atoms with E-state index in [1.807, 2.05) is 0 Å². The summed E-state index contributed by atoms with van der Waals surface area (Å²) in [5, 5.41) is 12.7. The van der Waals surface area contributed by atoms with Crippen LogP contribution < -0.4 is 5.32 Å². The van der Waals surface area contributed by atoms with Crippen LogP contribution in [-0.4, -0.2) is 11.0 Å². The van der Waals surface area contributed by atoms with E-state index in [0.29, 0.717) is 15.1 Å². The number of anilines is 1. The Labute approximate surface area is 128 Å². The number of benzene rings is 2. The van der Waals surface area contributed by atoms with Gasteiger partial charge in [-0.2, -0.15) is 0 Å². The number of aryl methyl sites for hydroxylation is 1. The number of aromatic hydroxyl groups is 1. The van der Waals surface area contributed by atoms with Gasteiger partial charge in [0.15, 0.2) is 0 Å². The molecule has 2 N–H and O–H groups in total. The summed E-state index contributed by atoms with van der Waals surface area (Å²) >= 11 is 9.03. The molecule has 6 heteroatoms. The third-order valence-corrected chi connectivity index (χ3v) is 3.40. The molecule has 0 aliphatic heterocycles. The number of phenols is 1. The largest absolute Gasteiger partial charge is 0.505 e. The predicted octanol–water partition coefficient (Wildman–Crippen LogP) is 4.51. The standard InChI is InChI=1S/C14H10BrClFNO2/c1-7-4-9(16)6-12(13(7)19)18-14(20)10-5-8(15)2-3-11(10)17/h2-6,19H,1H3,(H,18,20). The number of nitrogens with one attached hydrogen (secondary N) is 1. The van der Waals surface area contributed by atoms with Crippen molar-refractivity contribution >= 4 is 39.1 Å². The van der Waals surface area contributed by atoms with Crippen molar-refractivity contribution in [2.45, 2.75) is 6.92 Å². The van der Waals surface area contributed by atoms with E-state index in [2.05, 4.69) is 21.2 Å². The van der Waals surface area contributed by atoms with E-state index in [1.165, 1.54) is 24.3 Å². The summed E-state index contributed by atoms with van der Waals surface area (Å²) in [4.78, 5) is 12.0. The van der Waals surface area contributed by atoms with E-state index in [0.717, 1.165) is 0 Å². The van der Waals surface area contributed by atoms with Crippen molar-refractivity contribution in [1.82, 2.24) is 0 Å². The highest BCUT2D eigenvalue weighted by Gasteiger charge is 2.15. The number of halogens is 3. The highest BCUT2D eigenvalue weighted by atomic mass is 79.9. The fourth-order valence-electron chi connectivity index (χ4n) is 1.69. The Morgan fingerprint density at radius 2 is 2.05 bits per heavy atom. The van der Waals surface area contributed by atoms with Crippen LogP contribution in [0.2, 0.25) is 5.02 Å². The highest BCUT2D eigenvalue weighted by molar-refractivity contribution is 9.10. The lowest BCUT2D eigenvalue weighted by Gasteiger charge is -2.10. The van der Waals surface area contributed by atoms with Gasteiger partial charge >= 0.3 is 0 Å². The molecule has 0 saturated heterocycles. The van der Waals surface area contributed by atoms with Gasteiger partial charge in [-0.05, 0) is 42.8 Å². The molecule has 1 amide bonds. The number of hydrogen-bond donors (Lipinski definition) is 2. The summed E-state index contributed by atoms with van der Waals surface area (Å²) in [6.07, 6.45) is 0. The van der Waals surface area contributed by atoms with Crippen molar-refractivity contribution in [3.8, 4) is 5.75 Å². The second kappa shape index (κ2) is 5.81. The maximum absolute atomic E-state index is 13.6. The lowest BCUT2D eigenvalue weighted by Crippen LogP contribution is -2.14. The van der Waals surface area contributed by atoms with Crippen LogP contribution >= 0.6 is 27.5 Å². The molecule has 2 aromatic carbocycles. The fourth-order valence-corrected chi connectivity index (χ4v) is 2.33. The zero-order valence-electron chi connectivity index (χ0n) is 10.4. The first kappa shape index (κ1) is 14.8. The highest BCUT2D eigenvalue weighted by Crippen LogP contribution is 2.31. The molecular weight excluding hydrogens is 349 g/mol. The summed E-state index contributed by atoms with van der Waals surface area (Å²) in [7, 11) is 0. The first-order chi connectivity index (χ1) is 9.38. The van der Waals surface area contributed by atoms with Gasteiger partial charge in [0, 0.05) is 9.50 Å². The minimum atomic E-state index is -0.666. The Balaban J connectivity index is 2.35. The van der Waals surface area contributed by atoms with E-state index < -0.39 is 11.7 Å². The molecule has 0 aromatic heterocycles. The topological polar surface area (TPSA) is 49.3 Å². The van der Waals surface area contributed by atoms with Crippen LogP contribution in [0, 0.1) is 12.7 Å². The van der Waals surface area contributed by atoms with Crippen molar-refractivity contribution < 1.29 is 14.3 Å². The van der Waals surface area contributed by atoms with Crippen molar-refractivity contribution in [2.75, 3.05) is 5.32 Å². The average Bonchev–Trinajstić information content (AvgIpc) is 2.38. The number of rotatable bonds is 2. The number of carbonyl (C=O) groups is 1. The van der Waals surface area contributed by atoms with Crippen LogP contribution in [0.25, 0.3) is 0 Å². The van der Waals surface area contributed by atoms with Gasteiger partial charge in [0.25, 0.3) is 5.91 Å². The molecule has 0 fully saturated rings. The molecule has 0 spiro atoms. The van der Waals surface area contributed by atoms with Crippen molar-refractivity contribution in [2.24, 2.45) is 0 Å². The summed E-state index contributed by atoms with van der Waals surface area (Å²) < 4.78 is 14.2. The van der Waals surface area contributed by atoms with Crippen LogP contribution in [-0.2, 0) is 0 Å². The van der Waals surface area contributed by atoms with Crippen molar-refractivity contribution in [3.63, 3.8) is 0 Å². The van der Waals surface area contributed by atoms with Gasteiger partial charge in [-0.1, -0.05) is 27.5 Å². The average molecular weight is 359 g/mol. The molecule has 2 rings (SSSR count). The molecule has 104 valence electrons. The molecule has 0 aliphatic rings. The quantitative estimate of drug-likeness (QED) is 0.776. The van der Waals surface area contributed by atoms with Crippen molar-refractivity contribution in [3.05, 3.63) is 56.8 Å². The smallest absolute Gasteiger partial charge is 0.258 e. The number of phenolic OH excluding ortho intramolecular Hbond substituents is 1. The SMILES string of the molecule is Cc1cc(Cl)cc(NC(=O)c2cc(Br)ccc2F)c1O. The van der Waals surface area contributed by atoms with Gasteiger partial charge in [-0.25, -0.2) is 4.39 Å². The Morgan fingerprint density at radius 1 is 1.35 bits per heavy atom. The predicted molar refractivity (Wildman–Crippen MR) is 79.9 cm³/mol. The third-order valence-electron chi connectivity index (χ3n) is 2.69. The van der Waals surface area contributed by atoms with Gasteiger partial charge in [-0.3, -0.25) is 4.79 Å². The van der Waals surface area contributed by atoms with Gasteiger partial charge in [-0.15, -0.1) is 0 Å². The molecule has 0 atom stereocenters. The summed E-state index contributed by atoms with van der Waals surface area (Å²) in [5.74, 6) is -1.41. The molecule has 3 nitrogen and oxygen atoms in total. The Bertz CT molecular complexity index is 691. The Hall–Kier alpha value is -1.59. The second-order valence-electron chi connectivity index (χ2n) is 4.20. The lowest BCUT2D eigenvalue weighted by molar-refractivity contribution is 0.102. The van der Waals surface area contributed by atoms with Crippen LogP contribution in [0.1, 0.15) is 15.9 Å². The van der Waals surface area contributed by atoms with E-state index in [1.54, 1.807) is 13.0 Å². The normalized spacial score (nSPS) is 10.4. The van der Waals surface area contributed by atoms with Gasteiger partial charge in [0.2, 0.25) is 0 Å². The molecule has 0 heterocycles. The first-order valence-electron chi connectivity index (χ1n) is 5.64. The summed E-state index contributed by atoms with van der Waals surface area (Å²) in [6, 6.07) is 7.00. The van der Waals surface area contributed by atoms with E-state index in [4.69, 9.17) is 11.6 Å². The number of carbonyl (C=O) groups excluding carboxylic acids is 1. The zero-order chi connectivity index (χ0) is 14.9. The van der Waals surface area contributed by atoms with E-state index in [9.17, 15) is 14.3 Å². The summed E-state index contributed by atoms with van der Waals surface area (Å²) in [6.45, 7) is 1.65. The molecule has 0 radical (unpaired) electrons. The monoisotopic (exact) mass is 357 g/mol. The first-order valence-corrected chi connectivity index (χ1v) is 6.81. The molecular formula is C14H10BrClFNO2. The van der Waals surface area contributed by atoms with Crippen LogP contribution in [0.3, 0.4) is 0 Å². The van der Waals surface area contributed by atoms with Gasteiger partial charge in [0.1, 0.15) is 11.6 Å². The maximum atomic E-state index is 13.6.